The second-order valence-corrected chi connectivity index (χ2v) is 5.41. The van der Waals surface area contributed by atoms with Crippen LogP contribution in [0.3, 0.4) is 0 Å². The molecule has 1 aliphatic heterocycles. The first kappa shape index (κ1) is 19.3. The van der Waals surface area contributed by atoms with E-state index >= 15 is 0 Å². The highest BCUT2D eigenvalue weighted by atomic mass is 16.5. The maximum absolute atomic E-state index is 12.5. The van der Waals surface area contributed by atoms with Crippen molar-refractivity contribution in [3.8, 4) is 5.75 Å². The number of rotatable bonds is 7. The number of nitrogens with zero attached hydrogens (tertiary/aromatic N) is 1. The highest BCUT2D eigenvalue weighted by molar-refractivity contribution is 6.08. The fraction of sp³-hybridized carbons (Fsp3) is 0.353. The molecule has 0 saturated carbocycles. The first-order valence-electron chi connectivity index (χ1n) is 7.85. The number of β-amino-alcohol motifs (C(OH)–C–C–N with tert-alkyl or cyclic N) is 1. The Balaban J connectivity index is 2.39. The molecule has 2 amide bonds. The number of aliphatic hydroxyl groups excluding tert-OH is 1. The fourth-order valence-electron chi connectivity index (χ4n) is 2.59. The summed E-state index contributed by atoms with van der Waals surface area (Å²) in [5.74, 6) is -1.05. The van der Waals surface area contributed by atoms with Gasteiger partial charge < -0.3 is 30.1 Å². The maximum Gasteiger partial charge on any atom is 0.337 e. The first-order valence-corrected chi connectivity index (χ1v) is 7.85. The summed E-state index contributed by atoms with van der Waals surface area (Å²) in [7, 11) is 4.16. The SMILES string of the molecule is CNC(=O)c1cc(NC2=C(C(=O)OC)CN(CCO)C2=O)ccc1OC. The number of carbonyl (C=O) groups excluding carboxylic acids is 3. The lowest BCUT2D eigenvalue weighted by Gasteiger charge is -2.15. The largest absolute Gasteiger partial charge is 0.496 e. The van der Waals surface area contributed by atoms with Crippen molar-refractivity contribution in [3.63, 3.8) is 0 Å². The van der Waals surface area contributed by atoms with Crippen molar-refractivity contribution in [2.45, 2.75) is 0 Å². The van der Waals surface area contributed by atoms with Crippen LogP contribution in [0.1, 0.15) is 10.4 Å². The smallest absolute Gasteiger partial charge is 0.337 e. The van der Waals surface area contributed by atoms with E-state index < -0.39 is 11.9 Å². The minimum atomic E-state index is -0.638. The number of ether oxygens (including phenoxy) is 2. The molecule has 0 bridgehead atoms. The van der Waals surface area contributed by atoms with Gasteiger partial charge >= 0.3 is 5.97 Å². The summed E-state index contributed by atoms with van der Waals surface area (Å²) in [6.45, 7) is -0.0969. The van der Waals surface area contributed by atoms with Crippen molar-refractivity contribution < 1.29 is 29.0 Å². The van der Waals surface area contributed by atoms with Crippen molar-refractivity contribution >= 4 is 23.5 Å². The molecule has 1 aromatic carbocycles. The van der Waals surface area contributed by atoms with Gasteiger partial charge in [0.15, 0.2) is 0 Å². The van der Waals surface area contributed by atoms with Crippen LogP contribution >= 0.6 is 0 Å². The zero-order valence-corrected chi connectivity index (χ0v) is 14.8. The van der Waals surface area contributed by atoms with E-state index in [0.717, 1.165) is 0 Å². The van der Waals surface area contributed by atoms with E-state index in [2.05, 4.69) is 10.6 Å². The van der Waals surface area contributed by atoms with Crippen molar-refractivity contribution in [1.29, 1.82) is 0 Å². The van der Waals surface area contributed by atoms with E-state index in [9.17, 15) is 14.4 Å². The lowest BCUT2D eigenvalue weighted by Crippen LogP contribution is -2.31. The van der Waals surface area contributed by atoms with Gasteiger partial charge in [-0.25, -0.2) is 4.79 Å². The number of benzene rings is 1. The molecule has 0 spiro atoms. The summed E-state index contributed by atoms with van der Waals surface area (Å²) < 4.78 is 9.89. The number of hydrogen-bond donors (Lipinski definition) is 3. The Bertz CT molecular complexity index is 759. The first-order chi connectivity index (χ1) is 12.5. The number of esters is 1. The zero-order chi connectivity index (χ0) is 19.3. The van der Waals surface area contributed by atoms with Crippen LogP contribution in [-0.4, -0.2) is 68.8 Å². The molecule has 0 atom stereocenters. The number of nitrogens with one attached hydrogen (secondary N) is 2. The van der Waals surface area contributed by atoms with Gasteiger partial charge in [-0.1, -0.05) is 0 Å². The molecule has 9 heteroatoms. The highest BCUT2D eigenvalue weighted by Gasteiger charge is 2.34. The monoisotopic (exact) mass is 363 g/mol. The van der Waals surface area contributed by atoms with Gasteiger partial charge in [0.25, 0.3) is 11.8 Å². The van der Waals surface area contributed by atoms with Gasteiger partial charge in [-0.05, 0) is 18.2 Å². The predicted octanol–water partition coefficient (Wildman–Crippen LogP) is -0.272. The van der Waals surface area contributed by atoms with Crippen LogP contribution in [-0.2, 0) is 14.3 Å². The molecule has 0 aromatic heterocycles. The lowest BCUT2D eigenvalue weighted by molar-refractivity contribution is -0.136. The second-order valence-electron chi connectivity index (χ2n) is 5.41. The number of aliphatic hydroxyl groups is 1. The maximum atomic E-state index is 12.5. The number of methoxy groups -OCH3 is 2. The normalized spacial score (nSPS) is 13.7. The van der Waals surface area contributed by atoms with Crippen molar-refractivity contribution in [3.05, 3.63) is 35.0 Å². The molecule has 0 unspecified atom stereocenters. The predicted molar refractivity (Wildman–Crippen MR) is 92.7 cm³/mol. The van der Waals surface area contributed by atoms with E-state index in [1.165, 1.54) is 32.2 Å². The molecule has 140 valence electrons. The third-order valence-electron chi connectivity index (χ3n) is 3.89. The molecule has 9 nitrogen and oxygen atoms in total. The van der Waals surface area contributed by atoms with Crippen molar-refractivity contribution in [1.82, 2.24) is 10.2 Å². The fourth-order valence-corrected chi connectivity index (χ4v) is 2.59. The molecule has 0 saturated heterocycles. The number of carbonyl (C=O) groups is 3. The summed E-state index contributed by atoms with van der Waals surface area (Å²) >= 11 is 0. The quantitative estimate of drug-likeness (QED) is 0.571. The van der Waals surface area contributed by atoms with Gasteiger partial charge in [-0.15, -0.1) is 0 Å². The van der Waals surface area contributed by atoms with Crippen LogP contribution in [0.5, 0.6) is 5.75 Å². The van der Waals surface area contributed by atoms with Crippen LogP contribution < -0.4 is 15.4 Å². The Hall–Kier alpha value is -3.07. The summed E-state index contributed by atoms with van der Waals surface area (Å²) in [5, 5.41) is 14.5. The van der Waals surface area contributed by atoms with E-state index in [-0.39, 0.29) is 42.4 Å². The summed E-state index contributed by atoms with van der Waals surface area (Å²) in [4.78, 5) is 37.8. The third kappa shape index (κ3) is 3.77. The van der Waals surface area contributed by atoms with E-state index in [1.807, 2.05) is 0 Å². The molecule has 2 rings (SSSR count). The van der Waals surface area contributed by atoms with Crippen LogP contribution in [0.15, 0.2) is 29.5 Å². The van der Waals surface area contributed by atoms with E-state index in [4.69, 9.17) is 14.6 Å². The van der Waals surface area contributed by atoms with Gasteiger partial charge in [0, 0.05) is 19.3 Å². The van der Waals surface area contributed by atoms with Crippen LogP contribution in [0.2, 0.25) is 0 Å². The average molecular weight is 363 g/mol. The highest BCUT2D eigenvalue weighted by Crippen LogP contribution is 2.26. The van der Waals surface area contributed by atoms with Gasteiger partial charge in [-0.2, -0.15) is 0 Å². The topological polar surface area (TPSA) is 117 Å². The third-order valence-corrected chi connectivity index (χ3v) is 3.89. The molecule has 3 N–H and O–H groups in total. The summed E-state index contributed by atoms with van der Waals surface area (Å²) in [5.41, 5.74) is 0.916. The van der Waals surface area contributed by atoms with E-state index in [1.54, 1.807) is 12.1 Å². The molecule has 1 heterocycles. The van der Waals surface area contributed by atoms with Crippen LogP contribution in [0.4, 0.5) is 5.69 Å². The Morgan fingerprint density at radius 2 is 2.04 bits per heavy atom. The zero-order valence-electron chi connectivity index (χ0n) is 14.8. The van der Waals surface area contributed by atoms with Gasteiger partial charge in [0.05, 0.1) is 38.5 Å². The molecular weight excluding hydrogens is 342 g/mol. The molecule has 0 radical (unpaired) electrons. The molecule has 0 aliphatic carbocycles. The molecule has 1 aliphatic rings. The molecule has 26 heavy (non-hydrogen) atoms. The Labute approximate surface area is 150 Å². The lowest BCUT2D eigenvalue weighted by atomic mass is 10.1. The molecule has 0 fully saturated rings. The van der Waals surface area contributed by atoms with Crippen LogP contribution in [0.25, 0.3) is 0 Å². The molecular formula is C17H21N3O6. The average Bonchev–Trinajstić information content (AvgIpc) is 2.96. The van der Waals surface area contributed by atoms with Gasteiger partial charge in [0.2, 0.25) is 0 Å². The van der Waals surface area contributed by atoms with Crippen LogP contribution in [0, 0.1) is 0 Å². The van der Waals surface area contributed by atoms with Gasteiger partial charge in [0.1, 0.15) is 11.4 Å². The Morgan fingerprint density at radius 1 is 1.31 bits per heavy atom. The summed E-state index contributed by atoms with van der Waals surface area (Å²) in [6, 6.07) is 4.72. The second kappa shape index (κ2) is 8.34. The van der Waals surface area contributed by atoms with E-state index in [0.29, 0.717) is 11.4 Å². The summed E-state index contributed by atoms with van der Waals surface area (Å²) in [6.07, 6.45) is 0. The molecule has 1 aromatic rings. The number of anilines is 1. The Kier molecular flexibility index (Phi) is 6.18. The number of hydrogen-bond acceptors (Lipinski definition) is 7. The standard InChI is InChI=1S/C17H21N3O6/c1-18-15(22)11-8-10(4-5-13(11)25-2)19-14-12(17(24)26-3)9-20(6-7-21)16(14)23/h4-5,8,19,21H,6-7,9H2,1-3H3,(H,18,22). The minimum absolute atomic E-state index is 0.0346. The Morgan fingerprint density at radius 3 is 2.62 bits per heavy atom. The van der Waals surface area contributed by atoms with Crippen molar-refractivity contribution in [2.24, 2.45) is 0 Å². The van der Waals surface area contributed by atoms with Crippen molar-refractivity contribution in [2.75, 3.05) is 46.3 Å². The van der Waals surface area contributed by atoms with Gasteiger partial charge in [-0.3, -0.25) is 9.59 Å². The number of amides is 2. The minimum Gasteiger partial charge on any atom is -0.496 e.